The molecule has 1 amide bonds. The van der Waals surface area contributed by atoms with Crippen molar-refractivity contribution >= 4 is 16.9 Å². The second-order valence-electron chi connectivity index (χ2n) is 6.42. The number of aryl methyl sites for hydroxylation is 1. The van der Waals surface area contributed by atoms with Crippen molar-refractivity contribution in [3.8, 4) is 0 Å². The first-order chi connectivity index (χ1) is 11.8. The zero-order valence-corrected chi connectivity index (χ0v) is 14.5. The van der Waals surface area contributed by atoms with Gasteiger partial charge in [0.15, 0.2) is 0 Å². The fourth-order valence-electron chi connectivity index (χ4n) is 3.28. The van der Waals surface area contributed by atoms with Crippen molar-refractivity contribution in [2.24, 2.45) is 0 Å². The van der Waals surface area contributed by atoms with Crippen LogP contribution < -0.4 is 5.32 Å². The molecule has 5 nitrogen and oxygen atoms in total. The molecule has 1 aliphatic heterocycles. The third-order valence-corrected chi connectivity index (χ3v) is 4.59. The number of unbranched alkanes of at least 4 members (excludes halogenated alkanes) is 2. The molecule has 1 aromatic heterocycles. The fourth-order valence-corrected chi connectivity index (χ4v) is 3.28. The van der Waals surface area contributed by atoms with E-state index in [1.54, 1.807) is 0 Å². The molecule has 24 heavy (non-hydrogen) atoms. The van der Waals surface area contributed by atoms with Crippen LogP contribution in [0.3, 0.4) is 0 Å². The van der Waals surface area contributed by atoms with E-state index in [9.17, 15) is 4.79 Å². The zero-order chi connectivity index (χ0) is 16.8. The molecule has 2 heterocycles. The van der Waals surface area contributed by atoms with Crippen molar-refractivity contribution in [2.75, 3.05) is 13.2 Å². The van der Waals surface area contributed by atoms with Gasteiger partial charge in [-0.1, -0.05) is 31.9 Å². The van der Waals surface area contributed by atoms with E-state index in [0.717, 1.165) is 43.6 Å². The Morgan fingerprint density at radius 2 is 2.25 bits per heavy atom. The zero-order valence-electron chi connectivity index (χ0n) is 14.5. The molecule has 0 bridgehead atoms. The summed E-state index contributed by atoms with van der Waals surface area (Å²) in [7, 11) is 0. The number of carbonyl (C=O) groups is 1. The van der Waals surface area contributed by atoms with Gasteiger partial charge in [0.05, 0.1) is 11.0 Å². The number of hydrogen-bond donors (Lipinski definition) is 1. The van der Waals surface area contributed by atoms with E-state index in [4.69, 9.17) is 9.72 Å². The Hall–Kier alpha value is -1.88. The van der Waals surface area contributed by atoms with Gasteiger partial charge in [-0.15, -0.1) is 0 Å². The standard InChI is InChI=1S/C19H27N3O2/c1-2-3-6-13-22-16-9-5-4-8-15(16)21-18(22)11-12-20-19(23)17-10-7-14-24-17/h4-5,8-9,17H,2-3,6-7,10-14H2,1H3,(H,20,23). The molecule has 1 aliphatic rings. The maximum absolute atomic E-state index is 12.0. The summed E-state index contributed by atoms with van der Waals surface area (Å²) in [6, 6.07) is 8.26. The largest absolute Gasteiger partial charge is 0.368 e. The summed E-state index contributed by atoms with van der Waals surface area (Å²) >= 11 is 0. The van der Waals surface area contributed by atoms with Gasteiger partial charge in [0.1, 0.15) is 11.9 Å². The lowest BCUT2D eigenvalue weighted by molar-refractivity contribution is -0.130. The minimum absolute atomic E-state index is 0.0149. The summed E-state index contributed by atoms with van der Waals surface area (Å²) in [4.78, 5) is 16.8. The Morgan fingerprint density at radius 1 is 1.38 bits per heavy atom. The lowest BCUT2D eigenvalue weighted by atomic mass is 10.2. The second-order valence-corrected chi connectivity index (χ2v) is 6.42. The molecule has 1 aromatic carbocycles. The van der Waals surface area contributed by atoms with Gasteiger partial charge in [0, 0.05) is 26.1 Å². The Kier molecular flexibility index (Phi) is 5.86. The van der Waals surface area contributed by atoms with Crippen LogP contribution >= 0.6 is 0 Å². The highest BCUT2D eigenvalue weighted by Crippen LogP contribution is 2.18. The molecule has 1 saturated heterocycles. The van der Waals surface area contributed by atoms with Crippen LogP contribution in [0, 0.1) is 0 Å². The number of aromatic nitrogens is 2. The smallest absolute Gasteiger partial charge is 0.249 e. The van der Waals surface area contributed by atoms with Gasteiger partial charge in [-0.05, 0) is 31.4 Å². The highest BCUT2D eigenvalue weighted by atomic mass is 16.5. The van der Waals surface area contributed by atoms with E-state index in [2.05, 4.69) is 35.0 Å². The molecule has 0 spiro atoms. The van der Waals surface area contributed by atoms with Gasteiger partial charge in [0.2, 0.25) is 5.91 Å². The molecule has 1 unspecified atom stereocenters. The van der Waals surface area contributed by atoms with Crippen molar-refractivity contribution in [1.29, 1.82) is 0 Å². The van der Waals surface area contributed by atoms with Crippen molar-refractivity contribution in [3.05, 3.63) is 30.1 Å². The lowest BCUT2D eigenvalue weighted by Crippen LogP contribution is -2.35. The molecule has 5 heteroatoms. The number of para-hydroxylation sites is 2. The van der Waals surface area contributed by atoms with Crippen LogP contribution in [0.25, 0.3) is 11.0 Å². The van der Waals surface area contributed by atoms with E-state index in [0.29, 0.717) is 13.2 Å². The predicted octanol–water partition coefficient (Wildman–Crippen LogP) is 3.06. The summed E-state index contributed by atoms with van der Waals surface area (Å²) in [6.07, 6.45) is 5.90. The number of nitrogens with one attached hydrogen (secondary N) is 1. The van der Waals surface area contributed by atoms with Crippen LogP contribution in [0.15, 0.2) is 24.3 Å². The summed E-state index contributed by atoms with van der Waals surface area (Å²) < 4.78 is 7.73. The highest BCUT2D eigenvalue weighted by Gasteiger charge is 2.23. The monoisotopic (exact) mass is 329 g/mol. The molecule has 0 saturated carbocycles. The van der Waals surface area contributed by atoms with E-state index in [1.165, 1.54) is 18.4 Å². The summed E-state index contributed by atoms with van der Waals surface area (Å²) in [6.45, 7) is 4.51. The Labute approximate surface area is 143 Å². The van der Waals surface area contributed by atoms with Gasteiger partial charge in [-0.2, -0.15) is 0 Å². The first kappa shape index (κ1) is 17.0. The topological polar surface area (TPSA) is 56.2 Å². The number of fused-ring (bicyclic) bond motifs is 1. The summed E-state index contributed by atoms with van der Waals surface area (Å²) in [5, 5.41) is 2.99. The van der Waals surface area contributed by atoms with Gasteiger partial charge in [0.25, 0.3) is 0 Å². The third kappa shape index (κ3) is 3.96. The number of ether oxygens (including phenoxy) is 1. The van der Waals surface area contributed by atoms with Crippen LogP contribution in [0.1, 0.15) is 44.9 Å². The Bertz CT molecular complexity index is 674. The first-order valence-corrected chi connectivity index (χ1v) is 9.13. The molecule has 3 rings (SSSR count). The van der Waals surface area contributed by atoms with Gasteiger partial charge in [-0.3, -0.25) is 4.79 Å². The van der Waals surface area contributed by atoms with Crippen LogP contribution in [0.2, 0.25) is 0 Å². The maximum atomic E-state index is 12.0. The number of imidazole rings is 1. The Morgan fingerprint density at radius 3 is 3.04 bits per heavy atom. The lowest BCUT2D eigenvalue weighted by Gasteiger charge is -2.12. The first-order valence-electron chi connectivity index (χ1n) is 9.13. The van der Waals surface area contributed by atoms with Crippen molar-refractivity contribution in [1.82, 2.24) is 14.9 Å². The minimum atomic E-state index is -0.256. The van der Waals surface area contributed by atoms with Crippen LogP contribution in [0.5, 0.6) is 0 Å². The quantitative estimate of drug-likeness (QED) is 0.757. The van der Waals surface area contributed by atoms with Crippen molar-refractivity contribution < 1.29 is 9.53 Å². The normalized spacial score (nSPS) is 17.5. The average molecular weight is 329 g/mol. The van der Waals surface area contributed by atoms with Crippen LogP contribution in [-0.4, -0.2) is 34.7 Å². The highest BCUT2D eigenvalue weighted by molar-refractivity contribution is 5.81. The average Bonchev–Trinajstić information content (AvgIpc) is 3.23. The van der Waals surface area contributed by atoms with Gasteiger partial charge < -0.3 is 14.6 Å². The molecule has 2 aromatic rings. The molecule has 1 atom stereocenters. The minimum Gasteiger partial charge on any atom is -0.368 e. The molecule has 1 fully saturated rings. The third-order valence-electron chi connectivity index (χ3n) is 4.59. The number of nitrogens with zero attached hydrogens (tertiary/aromatic N) is 2. The molecule has 0 aliphatic carbocycles. The van der Waals surface area contributed by atoms with E-state index in [1.807, 2.05) is 6.07 Å². The molecular formula is C19H27N3O2. The SMILES string of the molecule is CCCCCn1c(CCNC(=O)C2CCCO2)nc2ccccc21. The van der Waals surface area contributed by atoms with Gasteiger partial charge in [-0.25, -0.2) is 4.98 Å². The maximum Gasteiger partial charge on any atom is 0.249 e. The van der Waals surface area contributed by atoms with Gasteiger partial charge >= 0.3 is 0 Å². The van der Waals surface area contributed by atoms with E-state index in [-0.39, 0.29) is 12.0 Å². The van der Waals surface area contributed by atoms with Crippen molar-refractivity contribution in [2.45, 2.75) is 58.1 Å². The second kappa shape index (κ2) is 8.29. The molecule has 130 valence electrons. The van der Waals surface area contributed by atoms with Crippen LogP contribution in [-0.2, 0) is 22.5 Å². The number of benzene rings is 1. The fraction of sp³-hybridized carbons (Fsp3) is 0.579. The number of amides is 1. The van der Waals surface area contributed by atoms with Crippen molar-refractivity contribution in [3.63, 3.8) is 0 Å². The number of rotatable bonds is 8. The summed E-state index contributed by atoms with van der Waals surface area (Å²) in [5.74, 6) is 1.07. The molecule has 1 N–H and O–H groups in total. The molecule has 0 radical (unpaired) electrons. The number of carbonyl (C=O) groups excluding carboxylic acids is 1. The number of hydrogen-bond acceptors (Lipinski definition) is 3. The van der Waals surface area contributed by atoms with E-state index >= 15 is 0 Å². The Balaban J connectivity index is 1.64. The van der Waals surface area contributed by atoms with E-state index < -0.39 is 0 Å². The van der Waals surface area contributed by atoms with Crippen LogP contribution in [0.4, 0.5) is 0 Å². The summed E-state index contributed by atoms with van der Waals surface area (Å²) in [5.41, 5.74) is 2.23. The molecular weight excluding hydrogens is 302 g/mol. The predicted molar refractivity (Wildman–Crippen MR) is 94.9 cm³/mol.